The summed E-state index contributed by atoms with van der Waals surface area (Å²) < 4.78 is 11.0. The first-order valence-electron chi connectivity index (χ1n) is 13.1. The lowest BCUT2D eigenvalue weighted by atomic mass is 9.83. The average molecular weight is 544 g/mol. The maximum atomic E-state index is 12.3. The molecule has 0 radical (unpaired) electrons. The fourth-order valence-corrected chi connectivity index (χ4v) is 4.29. The van der Waals surface area contributed by atoms with E-state index in [0.29, 0.717) is 49.4 Å². The quantitative estimate of drug-likeness (QED) is 0.390. The van der Waals surface area contributed by atoms with Crippen LogP contribution in [0.15, 0.2) is 53.6 Å². The van der Waals surface area contributed by atoms with E-state index in [1.165, 1.54) is 6.20 Å². The molecule has 2 N–H and O–H groups in total. The predicted molar refractivity (Wildman–Crippen MR) is 149 cm³/mol. The highest BCUT2D eigenvalue weighted by Crippen LogP contribution is 2.32. The first kappa shape index (κ1) is 27.0. The summed E-state index contributed by atoms with van der Waals surface area (Å²) in [6, 6.07) is 7.99. The second-order valence-electron chi connectivity index (χ2n) is 11.2. The summed E-state index contributed by atoms with van der Waals surface area (Å²) in [5.41, 5.74) is 7.78. The molecule has 40 heavy (non-hydrogen) atoms. The van der Waals surface area contributed by atoms with Gasteiger partial charge >= 0.3 is 6.09 Å². The minimum Gasteiger partial charge on any atom is -0.444 e. The van der Waals surface area contributed by atoms with Gasteiger partial charge in [-0.15, -0.1) is 0 Å². The molecule has 0 aliphatic carbocycles. The predicted octanol–water partition coefficient (Wildman–Crippen LogP) is 3.95. The largest absolute Gasteiger partial charge is 0.444 e. The normalized spacial score (nSPS) is 14.3. The van der Waals surface area contributed by atoms with Gasteiger partial charge < -0.3 is 24.8 Å². The topological polar surface area (TPSA) is 149 Å². The molecule has 1 aromatic carbocycles. The third-order valence-electron chi connectivity index (χ3n) is 6.67. The summed E-state index contributed by atoms with van der Waals surface area (Å²) >= 11 is 0. The van der Waals surface area contributed by atoms with Crippen LogP contribution in [0.25, 0.3) is 22.8 Å². The molecule has 3 aromatic heterocycles. The molecule has 0 atom stereocenters. The van der Waals surface area contributed by atoms with E-state index < -0.39 is 11.0 Å². The number of anilines is 2. The summed E-state index contributed by atoms with van der Waals surface area (Å²) in [7, 11) is 0. The molecule has 0 spiro atoms. The van der Waals surface area contributed by atoms with Crippen molar-refractivity contribution in [1.29, 1.82) is 0 Å². The molecular weight excluding hydrogens is 510 g/mol. The van der Waals surface area contributed by atoms with Gasteiger partial charge in [-0.2, -0.15) is 4.98 Å². The zero-order chi connectivity index (χ0) is 28.5. The van der Waals surface area contributed by atoms with Crippen molar-refractivity contribution in [2.24, 2.45) is 0 Å². The van der Waals surface area contributed by atoms with E-state index in [0.717, 1.165) is 22.6 Å². The number of piperazine rings is 1. The van der Waals surface area contributed by atoms with Crippen molar-refractivity contribution in [2.75, 3.05) is 36.8 Å². The summed E-state index contributed by atoms with van der Waals surface area (Å²) in [6.07, 6.45) is 6.21. The molecular formula is C28H33N9O3. The Kier molecular flexibility index (Phi) is 7.09. The lowest BCUT2D eigenvalue weighted by molar-refractivity contribution is 0.0240. The lowest BCUT2D eigenvalue weighted by Crippen LogP contribution is -2.50. The van der Waals surface area contributed by atoms with Crippen molar-refractivity contribution in [3.63, 3.8) is 0 Å². The standard InChI is InChI=1S/C28H33N9O3/c1-27(2,3)39-26(38)37-12-10-36(11-13-37)23-17-31-21(15-33-23)24-34-25(35-40-24)28(4,5)19-8-6-18(7-9-19)20-14-32-22(29)16-30-20/h6-9,14-17H,10-13H2,1-5H3,(H2,29,32). The van der Waals surface area contributed by atoms with Crippen molar-refractivity contribution in [1.82, 2.24) is 35.0 Å². The van der Waals surface area contributed by atoms with Gasteiger partial charge in [0, 0.05) is 31.7 Å². The van der Waals surface area contributed by atoms with Crippen molar-refractivity contribution in [2.45, 2.75) is 45.6 Å². The first-order valence-corrected chi connectivity index (χ1v) is 13.1. The molecule has 1 saturated heterocycles. The second-order valence-corrected chi connectivity index (χ2v) is 11.2. The number of hydrogen-bond acceptors (Lipinski definition) is 11. The highest BCUT2D eigenvalue weighted by Gasteiger charge is 2.30. The lowest BCUT2D eigenvalue weighted by Gasteiger charge is -2.36. The fraction of sp³-hybridized carbons (Fsp3) is 0.393. The summed E-state index contributed by atoms with van der Waals surface area (Å²) in [5.74, 6) is 1.93. The van der Waals surface area contributed by atoms with Crippen molar-refractivity contribution in [3.8, 4) is 22.8 Å². The molecule has 12 nitrogen and oxygen atoms in total. The van der Waals surface area contributed by atoms with Gasteiger partial charge in [0.05, 0.1) is 35.9 Å². The van der Waals surface area contributed by atoms with Crippen molar-refractivity contribution in [3.05, 3.63) is 60.4 Å². The average Bonchev–Trinajstić information content (AvgIpc) is 3.44. The Balaban J connectivity index is 1.23. The Bertz CT molecular complexity index is 1450. The molecule has 12 heteroatoms. The van der Waals surface area contributed by atoms with E-state index in [1.807, 2.05) is 58.9 Å². The zero-order valence-electron chi connectivity index (χ0n) is 23.3. The highest BCUT2D eigenvalue weighted by atomic mass is 16.6. The van der Waals surface area contributed by atoms with Crippen LogP contribution < -0.4 is 10.6 Å². The Morgan fingerprint density at radius 3 is 2.15 bits per heavy atom. The van der Waals surface area contributed by atoms with Crippen LogP contribution in [0, 0.1) is 0 Å². The van der Waals surface area contributed by atoms with Crippen LogP contribution in [-0.2, 0) is 10.2 Å². The fourth-order valence-electron chi connectivity index (χ4n) is 4.29. The molecule has 1 amide bonds. The molecule has 4 heterocycles. The van der Waals surface area contributed by atoms with Crippen molar-refractivity contribution >= 4 is 17.7 Å². The van der Waals surface area contributed by atoms with E-state index in [1.54, 1.807) is 23.5 Å². The van der Waals surface area contributed by atoms with Crippen LogP contribution in [0.2, 0.25) is 0 Å². The van der Waals surface area contributed by atoms with Crippen LogP contribution in [-0.4, -0.2) is 72.8 Å². The molecule has 1 aliphatic heterocycles. The van der Waals surface area contributed by atoms with Crippen molar-refractivity contribution < 1.29 is 14.1 Å². The summed E-state index contributed by atoms with van der Waals surface area (Å²) in [4.78, 5) is 38.3. The van der Waals surface area contributed by atoms with Crippen LogP contribution in [0.4, 0.5) is 16.4 Å². The van der Waals surface area contributed by atoms with Crippen LogP contribution in [0.3, 0.4) is 0 Å². The van der Waals surface area contributed by atoms with E-state index in [4.69, 9.17) is 15.0 Å². The molecule has 0 bridgehead atoms. The number of ether oxygens (including phenoxy) is 1. The molecule has 4 aromatic rings. The number of benzene rings is 1. The number of hydrogen-bond donors (Lipinski definition) is 1. The number of carbonyl (C=O) groups is 1. The van der Waals surface area contributed by atoms with E-state index in [2.05, 4.69) is 35.0 Å². The highest BCUT2D eigenvalue weighted by molar-refractivity contribution is 5.68. The first-order chi connectivity index (χ1) is 19.0. The monoisotopic (exact) mass is 543 g/mol. The molecule has 1 fully saturated rings. The number of rotatable bonds is 5. The zero-order valence-corrected chi connectivity index (χ0v) is 23.3. The second kappa shape index (κ2) is 10.5. The third-order valence-corrected chi connectivity index (χ3v) is 6.67. The van der Waals surface area contributed by atoms with E-state index >= 15 is 0 Å². The van der Waals surface area contributed by atoms with E-state index in [9.17, 15) is 4.79 Å². The maximum Gasteiger partial charge on any atom is 0.410 e. The smallest absolute Gasteiger partial charge is 0.410 e. The van der Waals surface area contributed by atoms with Crippen LogP contribution in [0.5, 0.6) is 0 Å². The Hall–Kier alpha value is -4.61. The van der Waals surface area contributed by atoms with Gasteiger partial charge in [0.25, 0.3) is 5.89 Å². The summed E-state index contributed by atoms with van der Waals surface area (Å²) in [5, 5.41) is 4.24. The van der Waals surface area contributed by atoms with Gasteiger partial charge in [0.2, 0.25) is 0 Å². The van der Waals surface area contributed by atoms with E-state index in [-0.39, 0.29) is 6.09 Å². The number of carbonyl (C=O) groups excluding carboxylic acids is 1. The maximum absolute atomic E-state index is 12.3. The molecule has 208 valence electrons. The summed E-state index contributed by atoms with van der Waals surface area (Å²) in [6.45, 7) is 12.0. The molecule has 0 saturated carbocycles. The van der Waals surface area contributed by atoms with Crippen LogP contribution >= 0.6 is 0 Å². The number of aromatic nitrogens is 6. The van der Waals surface area contributed by atoms with Gasteiger partial charge in [-0.3, -0.25) is 4.98 Å². The number of nitrogen functional groups attached to an aromatic ring is 1. The van der Waals surface area contributed by atoms with Gasteiger partial charge in [-0.05, 0) is 40.2 Å². The van der Waals surface area contributed by atoms with Crippen LogP contribution in [0.1, 0.15) is 46.0 Å². The third kappa shape index (κ3) is 5.85. The Labute approximate surface area is 232 Å². The molecule has 1 aliphatic rings. The molecule has 0 unspecified atom stereocenters. The van der Waals surface area contributed by atoms with Gasteiger partial charge in [-0.1, -0.05) is 29.4 Å². The van der Waals surface area contributed by atoms with Gasteiger partial charge in [-0.25, -0.2) is 19.7 Å². The SMILES string of the molecule is CC(C)(C)OC(=O)N1CCN(c2cnc(-c3nc(C(C)(C)c4ccc(-c5cnc(N)cn5)cc4)no3)cn2)CC1. The Morgan fingerprint density at radius 1 is 0.875 bits per heavy atom. The number of nitrogens with two attached hydrogens (primary N) is 1. The van der Waals surface area contributed by atoms with Gasteiger partial charge in [0.1, 0.15) is 22.9 Å². The minimum absolute atomic E-state index is 0.296. The number of amides is 1. The number of nitrogens with zero attached hydrogens (tertiary/aromatic N) is 8. The van der Waals surface area contributed by atoms with Gasteiger partial charge in [0.15, 0.2) is 5.82 Å². The minimum atomic E-state index is -0.520. The Morgan fingerprint density at radius 2 is 1.55 bits per heavy atom. The molecule has 5 rings (SSSR count).